The Hall–Kier alpha value is -1.10. The Morgan fingerprint density at radius 3 is 2.24 bits per heavy atom. The number of nitrogens with zero attached hydrogens (tertiary/aromatic N) is 1. The Kier molecular flexibility index (Phi) is 7.54. The molecule has 0 aromatic heterocycles. The lowest BCUT2D eigenvalue weighted by Gasteiger charge is -2.23. The molecular weight excluding hydrogens is 218 g/mol. The number of carbonyl (C=O) groups is 2. The van der Waals surface area contributed by atoms with Gasteiger partial charge >= 0.3 is 0 Å². The second kappa shape index (κ2) is 8.06. The number of hydrogen-bond acceptors (Lipinski definition) is 3. The zero-order chi connectivity index (χ0) is 13.4. The molecule has 2 amide bonds. The highest BCUT2D eigenvalue weighted by atomic mass is 16.2. The highest BCUT2D eigenvalue weighted by Gasteiger charge is 2.17. The molecule has 0 aliphatic heterocycles. The van der Waals surface area contributed by atoms with Crippen LogP contribution in [0, 0.1) is 11.8 Å². The van der Waals surface area contributed by atoms with Crippen molar-refractivity contribution in [3.63, 3.8) is 0 Å². The summed E-state index contributed by atoms with van der Waals surface area (Å²) in [5.74, 6) is 0.169. The molecule has 0 spiro atoms. The van der Waals surface area contributed by atoms with Crippen LogP contribution in [0.1, 0.15) is 33.6 Å². The number of rotatable bonds is 8. The fourth-order valence-corrected chi connectivity index (χ4v) is 1.53. The van der Waals surface area contributed by atoms with E-state index in [1.165, 1.54) is 4.90 Å². The van der Waals surface area contributed by atoms with Crippen molar-refractivity contribution in [1.82, 2.24) is 4.90 Å². The van der Waals surface area contributed by atoms with Crippen LogP contribution in [0.4, 0.5) is 0 Å². The molecule has 1 unspecified atom stereocenters. The summed E-state index contributed by atoms with van der Waals surface area (Å²) < 4.78 is 0. The van der Waals surface area contributed by atoms with Crippen LogP contribution >= 0.6 is 0 Å². The quantitative estimate of drug-likeness (QED) is 0.644. The standard InChI is InChI=1S/C12H25N3O2/c1-9(2)7-15(8-11(14)16)12(17)5-4-10(3)6-13/h9-10H,4-8,13H2,1-3H3,(H2,14,16). The van der Waals surface area contributed by atoms with Gasteiger partial charge in [-0.05, 0) is 24.8 Å². The minimum Gasteiger partial charge on any atom is -0.368 e. The molecule has 0 aliphatic rings. The predicted molar refractivity (Wildman–Crippen MR) is 68.1 cm³/mol. The van der Waals surface area contributed by atoms with E-state index < -0.39 is 5.91 Å². The topological polar surface area (TPSA) is 89.4 Å². The third-order valence-electron chi connectivity index (χ3n) is 2.54. The second-order valence-corrected chi connectivity index (χ2v) is 5.01. The van der Waals surface area contributed by atoms with Crippen LogP contribution < -0.4 is 11.5 Å². The molecule has 0 saturated heterocycles. The fraction of sp³-hybridized carbons (Fsp3) is 0.833. The van der Waals surface area contributed by atoms with E-state index in [2.05, 4.69) is 0 Å². The van der Waals surface area contributed by atoms with Crippen molar-refractivity contribution in [1.29, 1.82) is 0 Å². The first-order chi connectivity index (χ1) is 7.86. The van der Waals surface area contributed by atoms with Gasteiger partial charge in [0.2, 0.25) is 11.8 Å². The molecule has 100 valence electrons. The van der Waals surface area contributed by atoms with Crippen molar-refractivity contribution in [3.05, 3.63) is 0 Å². The molecule has 0 bridgehead atoms. The van der Waals surface area contributed by atoms with Crippen LogP contribution in [-0.4, -0.2) is 36.3 Å². The number of primary amides is 1. The van der Waals surface area contributed by atoms with Crippen LogP contribution in [0.3, 0.4) is 0 Å². The van der Waals surface area contributed by atoms with Crippen molar-refractivity contribution in [3.8, 4) is 0 Å². The van der Waals surface area contributed by atoms with Crippen LogP contribution in [0.2, 0.25) is 0 Å². The van der Waals surface area contributed by atoms with E-state index in [4.69, 9.17) is 11.5 Å². The number of hydrogen-bond donors (Lipinski definition) is 2. The van der Waals surface area contributed by atoms with Gasteiger partial charge in [0, 0.05) is 13.0 Å². The van der Waals surface area contributed by atoms with Crippen LogP contribution in [0.25, 0.3) is 0 Å². The van der Waals surface area contributed by atoms with E-state index in [1.54, 1.807) is 0 Å². The maximum atomic E-state index is 11.9. The third kappa shape index (κ3) is 7.74. The van der Waals surface area contributed by atoms with Crippen LogP contribution in [0.15, 0.2) is 0 Å². The van der Waals surface area contributed by atoms with Gasteiger partial charge in [0.05, 0.1) is 6.54 Å². The van der Waals surface area contributed by atoms with Gasteiger partial charge < -0.3 is 16.4 Å². The van der Waals surface area contributed by atoms with E-state index in [0.717, 1.165) is 6.42 Å². The van der Waals surface area contributed by atoms with E-state index in [-0.39, 0.29) is 12.5 Å². The summed E-state index contributed by atoms with van der Waals surface area (Å²) in [7, 11) is 0. The van der Waals surface area contributed by atoms with Gasteiger partial charge in [-0.3, -0.25) is 9.59 Å². The van der Waals surface area contributed by atoms with E-state index in [0.29, 0.717) is 31.3 Å². The minimum atomic E-state index is -0.467. The molecule has 0 saturated carbocycles. The average molecular weight is 243 g/mol. The maximum absolute atomic E-state index is 11.9. The lowest BCUT2D eigenvalue weighted by atomic mass is 10.1. The van der Waals surface area contributed by atoms with Crippen molar-refractivity contribution < 1.29 is 9.59 Å². The summed E-state index contributed by atoms with van der Waals surface area (Å²) in [6.45, 7) is 7.17. The minimum absolute atomic E-state index is 0.00796. The third-order valence-corrected chi connectivity index (χ3v) is 2.54. The highest BCUT2D eigenvalue weighted by molar-refractivity contribution is 5.83. The van der Waals surface area contributed by atoms with E-state index in [9.17, 15) is 9.59 Å². The zero-order valence-electron chi connectivity index (χ0n) is 11.1. The summed E-state index contributed by atoms with van der Waals surface area (Å²) in [5, 5.41) is 0. The van der Waals surface area contributed by atoms with Gasteiger partial charge in [-0.25, -0.2) is 0 Å². The van der Waals surface area contributed by atoms with Gasteiger partial charge in [0.1, 0.15) is 0 Å². The second-order valence-electron chi connectivity index (χ2n) is 5.01. The number of nitrogens with two attached hydrogens (primary N) is 2. The highest BCUT2D eigenvalue weighted by Crippen LogP contribution is 2.08. The Bertz CT molecular complexity index is 254. The summed E-state index contributed by atoms with van der Waals surface area (Å²) >= 11 is 0. The molecule has 5 heteroatoms. The van der Waals surface area contributed by atoms with Crippen LogP contribution in [-0.2, 0) is 9.59 Å². The Balaban J connectivity index is 4.26. The summed E-state index contributed by atoms with van der Waals surface area (Å²) in [5.41, 5.74) is 10.6. The monoisotopic (exact) mass is 243 g/mol. The molecule has 0 radical (unpaired) electrons. The first-order valence-electron chi connectivity index (χ1n) is 6.13. The normalized spacial score (nSPS) is 12.5. The summed E-state index contributed by atoms with van der Waals surface area (Å²) in [6, 6.07) is 0. The lowest BCUT2D eigenvalue weighted by molar-refractivity contribution is -0.135. The van der Waals surface area contributed by atoms with E-state index in [1.807, 2.05) is 20.8 Å². The molecule has 0 heterocycles. The van der Waals surface area contributed by atoms with Crippen molar-refractivity contribution in [2.75, 3.05) is 19.6 Å². The molecule has 17 heavy (non-hydrogen) atoms. The lowest BCUT2D eigenvalue weighted by Crippen LogP contribution is -2.40. The molecule has 0 aromatic carbocycles. The molecule has 0 aromatic rings. The zero-order valence-corrected chi connectivity index (χ0v) is 11.1. The molecule has 4 N–H and O–H groups in total. The van der Waals surface area contributed by atoms with Crippen molar-refractivity contribution >= 4 is 11.8 Å². The van der Waals surface area contributed by atoms with Crippen molar-refractivity contribution in [2.45, 2.75) is 33.6 Å². The molecule has 0 aliphatic carbocycles. The Labute approximate surface area is 104 Å². The average Bonchev–Trinajstić information content (AvgIpc) is 2.23. The van der Waals surface area contributed by atoms with Gasteiger partial charge in [0.15, 0.2) is 0 Å². The van der Waals surface area contributed by atoms with Gasteiger partial charge in [-0.2, -0.15) is 0 Å². The number of carbonyl (C=O) groups excluding carboxylic acids is 2. The Morgan fingerprint density at radius 1 is 1.24 bits per heavy atom. The first-order valence-corrected chi connectivity index (χ1v) is 6.13. The molecule has 5 nitrogen and oxygen atoms in total. The molecule has 0 rings (SSSR count). The van der Waals surface area contributed by atoms with Crippen molar-refractivity contribution in [2.24, 2.45) is 23.3 Å². The van der Waals surface area contributed by atoms with Crippen LogP contribution in [0.5, 0.6) is 0 Å². The summed E-state index contributed by atoms with van der Waals surface area (Å²) in [6.07, 6.45) is 1.18. The first kappa shape index (κ1) is 15.9. The van der Waals surface area contributed by atoms with Gasteiger partial charge in [0.25, 0.3) is 0 Å². The smallest absolute Gasteiger partial charge is 0.237 e. The van der Waals surface area contributed by atoms with E-state index >= 15 is 0 Å². The molecule has 0 fully saturated rings. The summed E-state index contributed by atoms with van der Waals surface area (Å²) in [4.78, 5) is 24.3. The fourth-order valence-electron chi connectivity index (χ4n) is 1.53. The largest absolute Gasteiger partial charge is 0.368 e. The van der Waals surface area contributed by atoms with Gasteiger partial charge in [-0.15, -0.1) is 0 Å². The molecule has 1 atom stereocenters. The predicted octanol–water partition coefficient (Wildman–Crippen LogP) is 0.331. The maximum Gasteiger partial charge on any atom is 0.237 e. The SMILES string of the molecule is CC(C)CN(CC(N)=O)C(=O)CCC(C)CN. The number of amides is 2. The van der Waals surface area contributed by atoms with Gasteiger partial charge in [-0.1, -0.05) is 20.8 Å². The Morgan fingerprint density at radius 2 is 1.82 bits per heavy atom. The molecular formula is C12H25N3O2.